The summed E-state index contributed by atoms with van der Waals surface area (Å²) in [6.45, 7) is 7.52. The van der Waals surface area contributed by atoms with Gasteiger partial charge in [-0.3, -0.25) is 4.79 Å². The highest BCUT2D eigenvalue weighted by Crippen LogP contribution is 2.23. The maximum atomic E-state index is 11.2. The highest BCUT2D eigenvalue weighted by molar-refractivity contribution is 9.10. The van der Waals surface area contributed by atoms with Gasteiger partial charge in [0.25, 0.3) is 0 Å². The quantitative estimate of drug-likeness (QED) is 0.821. The van der Waals surface area contributed by atoms with E-state index >= 15 is 0 Å². The molecule has 18 heavy (non-hydrogen) atoms. The molecular formula is C14H20BrNO2. The summed E-state index contributed by atoms with van der Waals surface area (Å²) in [4.78, 5) is 11.2. The van der Waals surface area contributed by atoms with E-state index in [4.69, 9.17) is 4.74 Å². The van der Waals surface area contributed by atoms with Crippen molar-refractivity contribution in [2.75, 3.05) is 19.7 Å². The van der Waals surface area contributed by atoms with Crippen molar-refractivity contribution in [3.63, 3.8) is 0 Å². The van der Waals surface area contributed by atoms with E-state index in [1.807, 2.05) is 19.1 Å². The summed E-state index contributed by atoms with van der Waals surface area (Å²) in [5.41, 5.74) is 1.22. The largest absolute Gasteiger partial charge is 0.465 e. The Kier molecular flexibility index (Phi) is 5.82. The lowest BCUT2D eigenvalue weighted by Crippen LogP contribution is -2.36. The second-order valence-electron chi connectivity index (χ2n) is 4.80. The van der Waals surface area contributed by atoms with E-state index in [9.17, 15) is 4.79 Å². The molecule has 1 aromatic carbocycles. The molecule has 0 fully saturated rings. The van der Waals surface area contributed by atoms with Crippen LogP contribution in [0, 0.1) is 0 Å². The summed E-state index contributed by atoms with van der Waals surface area (Å²) in [6, 6.07) is 8.25. The molecule has 0 amide bonds. The molecule has 0 aromatic heterocycles. The Labute approximate surface area is 117 Å². The molecule has 0 saturated carbocycles. The first-order valence-corrected chi connectivity index (χ1v) is 6.87. The van der Waals surface area contributed by atoms with Crippen LogP contribution < -0.4 is 5.32 Å². The van der Waals surface area contributed by atoms with Gasteiger partial charge < -0.3 is 10.1 Å². The Balaban J connectivity index is 2.49. The van der Waals surface area contributed by atoms with Gasteiger partial charge >= 0.3 is 5.97 Å². The van der Waals surface area contributed by atoms with Crippen molar-refractivity contribution < 1.29 is 9.53 Å². The first-order chi connectivity index (χ1) is 8.45. The van der Waals surface area contributed by atoms with Crippen LogP contribution in [0.25, 0.3) is 0 Å². The van der Waals surface area contributed by atoms with E-state index in [1.165, 1.54) is 5.56 Å². The maximum Gasteiger partial charge on any atom is 0.319 e. The Morgan fingerprint density at radius 3 is 2.50 bits per heavy atom. The van der Waals surface area contributed by atoms with Crippen molar-refractivity contribution in [3.8, 4) is 0 Å². The topological polar surface area (TPSA) is 38.3 Å². The molecule has 0 atom stereocenters. The van der Waals surface area contributed by atoms with Crippen LogP contribution in [-0.4, -0.2) is 25.7 Å². The van der Waals surface area contributed by atoms with Crippen LogP contribution in [0.5, 0.6) is 0 Å². The van der Waals surface area contributed by atoms with E-state index in [-0.39, 0.29) is 17.9 Å². The lowest BCUT2D eigenvalue weighted by molar-refractivity contribution is -0.142. The predicted molar refractivity (Wildman–Crippen MR) is 76.7 cm³/mol. The number of esters is 1. The van der Waals surface area contributed by atoms with E-state index < -0.39 is 0 Å². The molecule has 0 heterocycles. The monoisotopic (exact) mass is 313 g/mol. The van der Waals surface area contributed by atoms with E-state index in [0.29, 0.717) is 6.61 Å². The molecule has 100 valence electrons. The second-order valence-corrected chi connectivity index (χ2v) is 5.72. The number of hydrogen-bond donors (Lipinski definition) is 1. The molecular weight excluding hydrogens is 294 g/mol. The number of hydrogen-bond acceptors (Lipinski definition) is 3. The molecule has 1 rings (SSSR count). The Hall–Kier alpha value is -0.870. The van der Waals surface area contributed by atoms with Gasteiger partial charge in [-0.2, -0.15) is 0 Å². The molecule has 0 aliphatic rings. The summed E-state index contributed by atoms with van der Waals surface area (Å²) in [6.07, 6.45) is 0. The maximum absolute atomic E-state index is 11.2. The van der Waals surface area contributed by atoms with Gasteiger partial charge in [-0.25, -0.2) is 0 Å². The number of carbonyl (C=O) groups is 1. The molecule has 0 bridgehead atoms. The van der Waals surface area contributed by atoms with E-state index in [1.54, 1.807) is 0 Å². The fourth-order valence-corrected chi connectivity index (χ4v) is 1.96. The average molecular weight is 314 g/mol. The van der Waals surface area contributed by atoms with Crippen molar-refractivity contribution in [1.82, 2.24) is 5.32 Å². The average Bonchev–Trinajstić information content (AvgIpc) is 2.29. The summed E-state index contributed by atoms with van der Waals surface area (Å²) in [5, 5.41) is 3.14. The van der Waals surface area contributed by atoms with Crippen molar-refractivity contribution in [2.24, 2.45) is 0 Å². The van der Waals surface area contributed by atoms with Crippen molar-refractivity contribution >= 4 is 21.9 Å². The Morgan fingerprint density at radius 1 is 1.33 bits per heavy atom. The SMILES string of the molecule is CCOC(=O)CNCC(C)(C)c1ccc(Br)cc1. The van der Waals surface area contributed by atoms with Crippen LogP contribution in [0.15, 0.2) is 28.7 Å². The van der Waals surface area contributed by atoms with Gasteiger partial charge in [0.2, 0.25) is 0 Å². The van der Waals surface area contributed by atoms with Gasteiger partial charge in [0, 0.05) is 16.4 Å². The van der Waals surface area contributed by atoms with Gasteiger partial charge in [0.15, 0.2) is 0 Å². The van der Waals surface area contributed by atoms with Crippen molar-refractivity contribution in [2.45, 2.75) is 26.2 Å². The Morgan fingerprint density at radius 2 is 1.94 bits per heavy atom. The van der Waals surface area contributed by atoms with E-state index in [0.717, 1.165) is 11.0 Å². The fraction of sp³-hybridized carbons (Fsp3) is 0.500. The lowest BCUT2D eigenvalue weighted by atomic mass is 9.85. The summed E-state index contributed by atoms with van der Waals surface area (Å²) in [5.74, 6) is -0.205. The molecule has 0 spiro atoms. The molecule has 0 aliphatic heterocycles. The molecule has 0 unspecified atom stereocenters. The molecule has 0 aliphatic carbocycles. The molecule has 3 nitrogen and oxygen atoms in total. The third-order valence-electron chi connectivity index (χ3n) is 2.77. The van der Waals surface area contributed by atoms with Crippen LogP contribution in [0.1, 0.15) is 26.3 Å². The van der Waals surface area contributed by atoms with Crippen LogP contribution in [0.3, 0.4) is 0 Å². The van der Waals surface area contributed by atoms with E-state index in [2.05, 4.69) is 47.2 Å². The summed E-state index contributed by atoms with van der Waals surface area (Å²) < 4.78 is 5.94. The zero-order valence-electron chi connectivity index (χ0n) is 11.1. The second kappa shape index (κ2) is 6.90. The number of nitrogens with one attached hydrogen (secondary N) is 1. The lowest BCUT2D eigenvalue weighted by Gasteiger charge is -2.25. The number of rotatable bonds is 6. The zero-order valence-corrected chi connectivity index (χ0v) is 12.7. The van der Waals surface area contributed by atoms with Gasteiger partial charge in [-0.15, -0.1) is 0 Å². The minimum Gasteiger partial charge on any atom is -0.465 e. The third-order valence-corrected chi connectivity index (χ3v) is 3.30. The first-order valence-electron chi connectivity index (χ1n) is 6.08. The number of carbonyl (C=O) groups excluding carboxylic acids is 1. The molecule has 4 heteroatoms. The smallest absolute Gasteiger partial charge is 0.319 e. The number of benzene rings is 1. The van der Waals surface area contributed by atoms with Crippen LogP contribution in [0.4, 0.5) is 0 Å². The van der Waals surface area contributed by atoms with Crippen LogP contribution in [-0.2, 0) is 14.9 Å². The van der Waals surface area contributed by atoms with Crippen LogP contribution >= 0.6 is 15.9 Å². The number of halogens is 1. The van der Waals surface area contributed by atoms with Gasteiger partial charge in [0.1, 0.15) is 0 Å². The third kappa shape index (κ3) is 4.78. The highest BCUT2D eigenvalue weighted by Gasteiger charge is 2.20. The normalized spacial score (nSPS) is 11.3. The van der Waals surface area contributed by atoms with Gasteiger partial charge in [-0.1, -0.05) is 41.9 Å². The Bertz CT molecular complexity index is 387. The van der Waals surface area contributed by atoms with Gasteiger partial charge in [0.05, 0.1) is 13.2 Å². The summed E-state index contributed by atoms with van der Waals surface area (Å²) >= 11 is 3.42. The minimum atomic E-state index is -0.205. The summed E-state index contributed by atoms with van der Waals surface area (Å²) in [7, 11) is 0. The number of ether oxygens (including phenoxy) is 1. The zero-order chi connectivity index (χ0) is 13.6. The van der Waals surface area contributed by atoms with Crippen molar-refractivity contribution in [3.05, 3.63) is 34.3 Å². The molecule has 1 N–H and O–H groups in total. The highest BCUT2D eigenvalue weighted by atomic mass is 79.9. The molecule has 0 radical (unpaired) electrons. The molecule has 1 aromatic rings. The first kappa shape index (κ1) is 15.2. The van der Waals surface area contributed by atoms with Crippen LogP contribution in [0.2, 0.25) is 0 Å². The van der Waals surface area contributed by atoms with Crippen molar-refractivity contribution in [1.29, 1.82) is 0 Å². The standard InChI is InChI=1S/C14H20BrNO2/c1-4-18-13(17)9-16-10-14(2,3)11-5-7-12(15)8-6-11/h5-8,16H,4,9-10H2,1-3H3. The fourth-order valence-electron chi connectivity index (χ4n) is 1.69. The predicted octanol–water partition coefficient (Wildman–Crippen LogP) is 2.88. The minimum absolute atomic E-state index is 0.0206. The molecule has 0 saturated heterocycles. The van der Waals surface area contributed by atoms with Gasteiger partial charge in [-0.05, 0) is 24.6 Å².